The lowest BCUT2D eigenvalue weighted by atomic mass is 10.0. The number of furan rings is 1. The van der Waals surface area contributed by atoms with Crippen LogP contribution in [0.2, 0.25) is 10.0 Å². The van der Waals surface area contributed by atoms with E-state index in [9.17, 15) is 4.79 Å². The van der Waals surface area contributed by atoms with Gasteiger partial charge in [-0.05, 0) is 79.3 Å². The van der Waals surface area contributed by atoms with Crippen LogP contribution < -0.4 is 15.5 Å². The van der Waals surface area contributed by atoms with Crippen LogP contribution in [0.4, 0.5) is 11.4 Å². The van der Waals surface area contributed by atoms with Crippen molar-refractivity contribution >= 4 is 57.8 Å². The summed E-state index contributed by atoms with van der Waals surface area (Å²) in [5.74, 6) is 1.14. The van der Waals surface area contributed by atoms with E-state index >= 15 is 0 Å². The predicted molar refractivity (Wildman–Crippen MR) is 157 cm³/mol. The number of hydrogen-bond donors (Lipinski definition) is 2. The molecule has 1 aliphatic heterocycles. The van der Waals surface area contributed by atoms with Gasteiger partial charge in [0.2, 0.25) is 5.91 Å². The molecule has 0 aliphatic carbocycles. The lowest BCUT2D eigenvalue weighted by Crippen LogP contribution is -2.29. The first kappa shape index (κ1) is 26.2. The second kappa shape index (κ2) is 10.8. The van der Waals surface area contributed by atoms with Crippen LogP contribution in [0, 0.1) is 12.8 Å². The van der Waals surface area contributed by atoms with E-state index < -0.39 is 0 Å². The maximum atomic E-state index is 12.3. The molecule has 1 fully saturated rings. The molecule has 0 radical (unpaired) electrons. The van der Waals surface area contributed by atoms with Crippen LogP contribution >= 0.6 is 35.4 Å². The number of aromatic nitrogens is 1. The smallest absolute Gasteiger partial charge is 0.226 e. The summed E-state index contributed by atoms with van der Waals surface area (Å²) < 4.78 is 6.41. The fourth-order valence-corrected chi connectivity index (χ4v) is 5.23. The highest BCUT2D eigenvalue weighted by molar-refractivity contribution is 7.80. The number of pyridine rings is 1. The van der Waals surface area contributed by atoms with Crippen molar-refractivity contribution in [2.24, 2.45) is 5.92 Å². The highest BCUT2D eigenvalue weighted by Gasteiger charge is 2.42. The highest BCUT2D eigenvalue weighted by Crippen LogP contribution is 2.44. The molecule has 1 saturated heterocycles. The van der Waals surface area contributed by atoms with Gasteiger partial charge in [0.1, 0.15) is 17.6 Å². The third-order valence-electron chi connectivity index (χ3n) is 6.50. The van der Waals surface area contributed by atoms with E-state index in [0.717, 1.165) is 22.6 Å². The van der Waals surface area contributed by atoms with Gasteiger partial charge in [0.15, 0.2) is 5.11 Å². The van der Waals surface area contributed by atoms with E-state index in [2.05, 4.69) is 15.6 Å². The number of nitrogens with one attached hydrogen (secondary N) is 2. The summed E-state index contributed by atoms with van der Waals surface area (Å²) in [5, 5.41) is 7.86. The van der Waals surface area contributed by atoms with Crippen LogP contribution in [-0.4, -0.2) is 16.0 Å². The van der Waals surface area contributed by atoms with E-state index in [1.807, 2.05) is 86.3 Å². The Balaban J connectivity index is 1.56. The third-order valence-corrected chi connectivity index (χ3v) is 7.64. The Morgan fingerprint density at radius 1 is 1.11 bits per heavy atom. The molecule has 0 unspecified atom stereocenters. The topological polar surface area (TPSA) is 70.4 Å². The van der Waals surface area contributed by atoms with Crippen LogP contribution in [0.25, 0.3) is 11.3 Å². The largest absolute Gasteiger partial charge is 0.459 e. The fourth-order valence-electron chi connectivity index (χ4n) is 4.49. The molecule has 38 heavy (non-hydrogen) atoms. The van der Waals surface area contributed by atoms with Crippen LogP contribution in [0.3, 0.4) is 0 Å². The monoisotopic (exact) mass is 564 g/mol. The van der Waals surface area contributed by atoms with Gasteiger partial charge in [0.05, 0.1) is 21.8 Å². The van der Waals surface area contributed by atoms with E-state index in [-0.39, 0.29) is 23.9 Å². The summed E-state index contributed by atoms with van der Waals surface area (Å²) in [6, 6.07) is 20.3. The molecule has 2 aromatic heterocycles. The molecule has 1 aliphatic rings. The van der Waals surface area contributed by atoms with Crippen molar-refractivity contribution in [3.8, 4) is 11.3 Å². The van der Waals surface area contributed by atoms with E-state index in [1.165, 1.54) is 0 Å². The van der Waals surface area contributed by atoms with Gasteiger partial charge in [-0.25, -0.2) is 0 Å². The molecule has 2 atom stereocenters. The van der Waals surface area contributed by atoms with Gasteiger partial charge in [-0.3, -0.25) is 9.78 Å². The van der Waals surface area contributed by atoms with Crippen molar-refractivity contribution < 1.29 is 9.21 Å². The molecule has 4 aromatic rings. The van der Waals surface area contributed by atoms with Crippen molar-refractivity contribution in [2.75, 3.05) is 10.2 Å². The number of aryl methyl sites for hydroxylation is 1. The maximum absolute atomic E-state index is 12.3. The van der Waals surface area contributed by atoms with Gasteiger partial charge in [0, 0.05) is 29.1 Å². The summed E-state index contributed by atoms with van der Waals surface area (Å²) in [7, 11) is 0. The van der Waals surface area contributed by atoms with Gasteiger partial charge < -0.3 is 20.0 Å². The van der Waals surface area contributed by atoms with Gasteiger partial charge in [-0.1, -0.05) is 49.2 Å². The summed E-state index contributed by atoms with van der Waals surface area (Å²) in [6.45, 7) is 5.69. The normalized spacial score (nSPS) is 17.1. The number of hydrogen-bond acceptors (Lipinski definition) is 4. The third kappa shape index (κ3) is 5.01. The minimum atomic E-state index is -0.334. The van der Waals surface area contributed by atoms with E-state index in [1.54, 1.807) is 12.3 Å². The van der Waals surface area contributed by atoms with Gasteiger partial charge in [0.25, 0.3) is 0 Å². The zero-order valence-electron chi connectivity index (χ0n) is 21.0. The Hall–Kier alpha value is -3.39. The Morgan fingerprint density at radius 3 is 2.63 bits per heavy atom. The molecular formula is C29H26Cl2N4O2S. The average molecular weight is 566 g/mol. The molecule has 9 heteroatoms. The number of halogens is 2. The van der Waals surface area contributed by atoms with Crippen molar-refractivity contribution in [2.45, 2.75) is 32.9 Å². The second-order valence-electron chi connectivity index (χ2n) is 9.44. The fraction of sp³-hybridized carbons (Fsp3) is 0.207. The number of carbonyl (C=O) groups excluding carboxylic acids is 1. The van der Waals surface area contributed by atoms with Crippen LogP contribution in [-0.2, 0) is 4.79 Å². The van der Waals surface area contributed by atoms with Crippen molar-refractivity contribution in [1.82, 2.24) is 10.3 Å². The molecule has 3 heterocycles. The molecule has 0 spiro atoms. The number of nitrogens with zero attached hydrogens (tertiary/aromatic N) is 2. The molecule has 1 amide bonds. The van der Waals surface area contributed by atoms with Gasteiger partial charge >= 0.3 is 0 Å². The SMILES string of the molecule is Cc1cc(N2C(=S)N[C@@H](c3ccccn3)[C@H]2c2ccc(-c3cccc(Cl)c3Cl)o2)ccc1NC(=O)C(C)C. The zero-order chi connectivity index (χ0) is 27.0. The van der Waals surface area contributed by atoms with E-state index in [4.69, 9.17) is 39.8 Å². The number of rotatable bonds is 6. The molecule has 0 saturated carbocycles. The number of carbonyl (C=O) groups is 1. The Labute approximate surface area is 237 Å². The van der Waals surface area contributed by atoms with Gasteiger partial charge in [-0.2, -0.15) is 0 Å². The molecule has 2 aromatic carbocycles. The van der Waals surface area contributed by atoms with Crippen LogP contribution in [0.15, 0.2) is 77.3 Å². The molecule has 0 bridgehead atoms. The van der Waals surface area contributed by atoms with Crippen LogP contribution in [0.5, 0.6) is 0 Å². The number of amides is 1. The average Bonchev–Trinajstić information content (AvgIpc) is 3.52. The Bertz CT molecular complexity index is 1510. The standard InChI is InChI=1S/C29H26Cl2N4O2S/c1-16(2)28(36)33-21-11-10-18(15-17(21)3)35-27(26(34-29(35)38)22-9-4-5-14-32-22)24-13-12-23(37-24)19-7-6-8-20(30)25(19)31/h4-16,26-27H,1-3H3,(H,33,36)(H,34,38)/t26-,27+/m0/s1. The Morgan fingerprint density at radius 2 is 1.92 bits per heavy atom. The maximum Gasteiger partial charge on any atom is 0.226 e. The first-order valence-electron chi connectivity index (χ1n) is 12.2. The van der Waals surface area contributed by atoms with Crippen molar-refractivity contribution in [3.63, 3.8) is 0 Å². The molecule has 2 N–H and O–H groups in total. The minimum Gasteiger partial charge on any atom is -0.459 e. The molecular weight excluding hydrogens is 539 g/mol. The molecule has 5 rings (SSSR count). The summed E-state index contributed by atoms with van der Waals surface area (Å²) >= 11 is 18.6. The number of benzene rings is 2. The lowest BCUT2D eigenvalue weighted by Gasteiger charge is -2.27. The number of anilines is 2. The zero-order valence-corrected chi connectivity index (χ0v) is 23.4. The number of thiocarbonyl (C=S) groups is 1. The summed E-state index contributed by atoms with van der Waals surface area (Å²) in [5.41, 5.74) is 4.09. The van der Waals surface area contributed by atoms with Crippen molar-refractivity contribution in [1.29, 1.82) is 0 Å². The second-order valence-corrected chi connectivity index (χ2v) is 10.6. The Kier molecular flexibility index (Phi) is 7.43. The highest BCUT2D eigenvalue weighted by atomic mass is 35.5. The summed E-state index contributed by atoms with van der Waals surface area (Å²) in [4.78, 5) is 18.9. The summed E-state index contributed by atoms with van der Waals surface area (Å²) in [6.07, 6.45) is 1.76. The molecule has 194 valence electrons. The lowest BCUT2D eigenvalue weighted by molar-refractivity contribution is -0.118. The predicted octanol–water partition coefficient (Wildman–Crippen LogP) is 7.73. The van der Waals surface area contributed by atoms with Crippen LogP contribution in [0.1, 0.15) is 42.9 Å². The first-order valence-corrected chi connectivity index (χ1v) is 13.4. The van der Waals surface area contributed by atoms with Crippen molar-refractivity contribution in [3.05, 3.63) is 100.0 Å². The first-order chi connectivity index (χ1) is 18.2. The van der Waals surface area contributed by atoms with Gasteiger partial charge in [-0.15, -0.1) is 0 Å². The minimum absolute atomic E-state index is 0.0323. The quantitative estimate of drug-likeness (QED) is 0.233. The molecule has 6 nitrogen and oxygen atoms in total. The van der Waals surface area contributed by atoms with E-state index in [0.29, 0.717) is 32.2 Å².